The van der Waals surface area contributed by atoms with Crippen LogP contribution in [0.25, 0.3) is 0 Å². The van der Waals surface area contributed by atoms with Crippen molar-refractivity contribution in [2.24, 2.45) is 4.99 Å². The summed E-state index contributed by atoms with van der Waals surface area (Å²) >= 11 is 3.26. The van der Waals surface area contributed by atoms with Crippen molar-refractivity contribution in [3.8, 4) is 5.75 Å². The smallest absolute Gasteiger partial charge is 0.387 e. The molecule has 1 aromatic heterocycles. The van der Waals surface area contributed by atoms with Crippen molar-refractivity contribution >= 4 is 45.9 Å². The van der Waals surface area contributed by atoms with Crippen molar-refractivity contribution in [2.75, 3.05) is 19.6 Å². The number of furan rings is 1. The molecular formula is C18H23BrF2IN3O3. The normalized spacial score (nSPS) is 12.4. The Balaban J connectivity index is 0.00000392. The number of hydrogen-bond donors (Lipinski definition) is 3. The molecule has 0 saturated heterocycles. The van der Waals surface area contributed by atoms with Crippen molar-refractivity contribution in [2.45, 2.75) is 26.1 Å². The zero-order valence-electron chi connectivity index (χ0n) is 15.2. The van der Waals surface area contributed by atoms with E-state index in [-0.39, 0.29) is 36.3 Å². The molecule has 10 heteroatoms. The van der Waals surface area contributed by atoms with Crippen LogP contribution in [0.2, 0.25) is 0 Å². The molecule has 0 aliphatic heterocycles. The number of halogens is 4. The number of hydrogen-bond acceptors (Lipinski definition) is 4. The monoisotopic (exact) mass is 573 g/mol. The van der Waals surface area contributed by atoms with Gasteiger partial charge in [-0.1, -0.05) is 12.1 Å². The number of aliphatic imine (C=N–C) groups is 1. The van der Waals surface area contributed by atoms with E-state index < -0.39 is 12.7 Å². The minimum atomic E-state index is -2.87. The summed E-state index contributed by atoms with van der Waals surface area (Å²) in [6, 6.07) is 9.57. The first-order chi connectivity index (χ1) is 13.0. The van der Waals surface area contributed by atoms with Crippen LogP contribution in [0.3, 0.4) is 0 Å². The summed E-state index contributed by atoms with van der Waals surface area (Å²) in [4.78, 5) is 4.35. The highest BCUT2D eigenvalue weighted by atomic mass is 127. The standard InChI is InChI=1S/C18H22BrF2N3O3.HI/c1-2-22-18(23-10-9-14-7-8-16(19)26-14)24-11-15(25)12-3-5-13(6-4-12)27-17(20)21;/h3-8,15,17,25H,2,9-11H2,1H3,(H2,22,23,24);1H. The Bertz CT molecular complexity index is 729. The first kappa shape index (κ1) is 24.6. The predicted octanol–water partition coefficient (Wildman–Crippen LogP) is 4.09. The molecule has 0 saturated carbocycles. The third kappa shape index (κ3) is 8.74. The van der Waals surface area contributed by atoms with Gasteiger partial charge in [0.1, 0.15) is 11.5 Å². The Morgan fingerprint density at radius 3 is 2.50 bits per heavy atom. The van der Waals surface area contributed by atoms with Gasteiger partial charge >= 0.3 is 6.61 Å². The van der Waals surface area contributed by atoms with E-state index in [0.717, 1.165) is 5.76 Å². The zero-order valence-corrected chi connectivity index (χ0v) is 19.1. The van der Waals surface area contributed by atoms with Crippen LogP contribution in [0.4, 0.5) is 8.78 Å². The Labute approximate surface area is 187 Å². The van der Waals surface area contributed by atoms with E-state index in [2.05, 4.69) is 36.3 Å². The van der Waals surface area contributed by atoms with Crippen LogP contribution >= 0.6 is 39.9 Å². The summed E-state index contributed by atoms with van der Waals surface area (Å²) < 4.78 is 34.7. The molecule has 0 aliphatic rings. The second kappa shape index (κ2) is 12.9. The molecule has 1 heterocycles. The SMILES string of the molecule is CCNC(=NCC(O)c1ccc(OC(F)F)cc1)NCCc1ccc(Br)o1.I. The number of alkyl halides is 2. The molecule has 156 valence electrons. The molecule has 1 aromatic carbocycles. The number of rotatable bonds is 9. The van der Waals surface area contributed by atoms with Gasteiger partial charge in [0, 0.05) is 19.5 Å². The molecule has 28 heavy (non-hydrogen) atoms. The van der Waals surface area contributed by atoms with Crippen LogP contribution in [-0.4, -0.2) is 37.3 Å². The van der Waals surface area contributed by atoms with Gasteiger partial charge in [-0.25, -0.2) is 0 Å². The maximum absolute atomic E-state index is 12.2. The van der Waals surface area contributed by atoms with Crippen LogP contribution in [0.15, 0.2) is 50.5 Å². The third-order valence-electron chi connectivity index (χ3n) is 3.55. The van der Waals surface area contributed by atoms with Crippen molar-refractivity contribution in [3.63, 3.8) is 0 Å². The predicted molar refractivity (Wildman–Crippen MR) is 118 cm³/mol. The van der Waals surface area contributed by atoms with E-state index in [1.54, 1.807) is 0 Å². The first-order valence-electron chi connectivity index (χ1n) is 8.47. The molecule has 2 aromatic rings. The lowest BCUT2D eigenvalue weighted by Gasteiger charge is -2.13. The van der Waals surface area contributed by atoms with Gasteiger partial charge in [0.2, 0.25) is 0 Å². The molecule has 1 unspecified atom stereocenters. The summed E-state index contributed by atoms with van der Waals surface area (Å²) in [5.74, 6) is 1.46. The number of aliphatic hydroxyl groups excluding tert-OH is 1. The highest BCUT2D eigenvalue weighted by Gasteiger charge is 2.10. The van der Waals surface area contributed by atoms with Crippen LogP contribution in [0, 0.1) is 0 Å². The molecule has 0 amide bonds. The van der Waals surface area contributed by atoms with Gasteiger partial charge in [0.15, 0.2) is 10.6 Å². The molecule has 1 atom stereocenters. The highest BCUT2D eigenvalue weighted by Crippen LogP contribution is 2.19. The lowest BCUT2D eigenvalue weighted by molar-refractivity contribution is -0.0498. The van der Waals surface area contributed by atoms with Crippen molar-refractivity contribution in [3.05, 3.63) is 52.4 Å². The Morgan fingerprint density at radius 2 is 1.93 bits per heavy atom. The van der Waals surface area contributed by atoms with Gasteiger partial charge in [0.25, 0.3) is 0 Å². The average Bonchev–Trinajstić information content (AvgIpc) is 3.04. The van der Waals surface area contributed by atoms with Gasteiger partial charge in [0.05, 0.1) is 12.6 Å². The topological polar surface area (TPSA) is 79.0 Å². The van der Waals surface area contributed by atoms with Crippen molar-refractivity contribution in [1.82, 2.24) is 10.6 Å². The second-order valence-electron chi connectivity index (χ2n) is 5.57. The van der Waals surface area contributed by atoms with Gasteiger partial charge in [-0.05, 0) is 52.7 Å². The van der Waals surface area contributed by atoms with Crippen LogP contribution in [0.1, 0.15) is 24.4 Å². The minimum absolute atomic E-state index is 0. The lowest BCUT2D eigenvalue weighted by Crippen LogP contribution is -2.38. The summed E-state index contributed by atoms with van der Waals surface area (Å²) in [5, 5.41) is 16.5. The lowest BCUT2D eigenvalue weighted by atomic mass is 10.1. The Kier molecular flexibility index (Phi) is 11.4. The summed E-state index contributed by atoms with van der Waals surface area (Å²) in [5.41, 5.74) is 0.566. The van der Waals surface area contributed by atoms with Gasteiger partial charge in [-0.2, -0.15) is 8.78 Å². The fourth-order valence-electron chi connectivity index (χ4n) is 2.29. The molecule has 6 nitrogen and oxygen atoms in total. The molecule has 3 N–H and O–H groups in total. The van der Waals surface area contributed by atoms with E-state index in [1.165, 1.54) is 24.3 Å². The van der Waals surface area contributed by atoms with Crippen molar-refractivity contribution < 1.29 is 23.0 Å². The number of ether oxygens (including phenoxy) is 1. The maximum atomic E-state index is 12.2. The number of nitrogens with one attached hydrogen (secondary N) is 2. The maximum Gasteiger partial charge on any atom is 0.387 e. The summed E-state index contributed by atoms with van der Waals surface area (Å²) in [6.07, 6.45) is -0.174. The van der Waals surface area contributed by atoms with Gasteiger partial charge < -0.3 is 24.9 Å². The number of aliphatic hydroxyl groups is 1. The first-order valence-corrected chi connectivity index (χ1v) is 9.26. The quantitative estimate of drug-likeness (QED) is 0.239. The highest BCUT2D eigenvalue weighted by molar-refractivity contribution is 14.0. The molecule has 0 spiro atoms. The van der Waals surface area contributed by atoms with Crippen LogP contribution in [0.5, 0.6) is 5.75 Å². The van der Waals surface area contributed by atoms with E-state index >= 15 is 0 Å². The third-order valence-corrected chi connectivity index (χ3v) is 3.98. The van der Waals surface area contributed by atoms with E-state index in [4.69, 9.17) is 4.42 Å². The second-order valence-corrected chi connectivity index (χ2v) is 6.35. The van der Waals surface area contributed by atoms with Crippen LogP contribution < -0.4 is 15.4 Å². The molecular weight excluding hydrogens is 551 g/mol. The minimum Gasteiger partial charge on any atom is -0.454 e. The zero-order chi connectivity index (χ0) is 19.6. The molecule has 0 bridgehead atoms. The summed E-state index contributed by atoms with van der Waals surface area (Å²) in [7, 11) is 0. The number of nitrogens with zero attached hydrogens (tertiary/aromatic N) is 1. The van der Waals surface area contributed by atoms with Gasteiger partial charge in [-0.3, -0.25) is 4.99 Å². The Morgan fingerprint density at radius 1 is 1.21 bits per heavy atom. The molecule has 2 rings (SSSR count). The number of guanidine groups is 1. The van der Waals surface area contributed by atoms with Crippen LogP contribution in [-0.2, 0) is 6.42 Å². The van der Waals surface area contributed by atoms with Gasteiger partial charge in [-0.15, -0.1) is 24.0 Å². The summed E-state index contributed by atoms with van der Waals surface area (Å²) in [6.45, 7) is 0.479. The largest absolute Gasteiger partial charge is 0.454 e. The molecule has 0 radical (unpaired) electrons. The fourth-order valence-corrected chi connectivity index (χ4v) is 2.63. The van der Waals surface area contributed by atoms with Crippen molar-refractivity contribution in [1.29, 1.82) is 0 Å². The van der Waals surface area contributed by atoms with E-state index in [0.29, 0.717) is 35.7 Å². The Hall–Kier alpha value is -1.40. The molecule has 0 aliphatic carbocycles. The molecule has 0 fully saturated rings. The average molecular weight is 574 g/mol. The van der Waals surface area contributed by atoms with E-state index in [9.17, 15) is 13.9 Å². The fraction of sp³-hybridized carbons (Fsp3) is 0.389. The van der Waals surface area contributed by atoms with E-state index in [1.807, 2.05) is 19.1 Å². The number of benzene rings is 1.